The van der Waals surface area contributed by atoms with Crippen molar-refractivity contribution >= 4 is 0 Å². The van der Waals surface area contributed by atoms with Gasteiger partial charge in [-0.15, -0.1) is 0 Å². The first-order chi connectivity index (χ1) is 7.65. The number of H-pyrrole nitrogens is 1. The fourth-order valence-corrected chi connectivity index (χ4v) is 1.20. The molecule has 0 spiro atoms. The van der Waals surface area contributed by atoms with Gasteiger partial charge in [0.25, 0.3) is 5.56 Å². The van der Waals surface area contributed by atoms with Crippen LogP contribution >= 0.6 is 0 Å². The van der Waals surface area contributed by atoms with E-state index < -0.39 is 17.1 Å². The molecule has 0 aromatic carbocycles. The van der Waals surface area contributed by atoms with Crippen LogP contribution in [0.3, 0.4) is 0 Å². The van der Waals surface area contributed by atoms with Crippen molar-refractivity contribution in [3.8, 4) is 0 Å². The van der Waals surface area contributed by atoms with Gasteiger partial charge in [0.05, 0.1) is 6.20 Å². The molecular formula is C10H15FN2O3. The van der Waals surface area contributed by atoms with Crippen molar-refractivity contribution in [3.63, 3.8) is 0 Å². The van der Waals surface area contributed by atoms with Crippen LogP contribution in [0.25, 0.3) is 0 Å². The summed E-state index contributed by atoms with van der Waals surface area (Å²) in [6.07, 6.45) is 3.88. The molecule has 0 saturated heterocycles. The van der Waals surface area contributed by atoms with Crippen molar-refractivity contribution in [1.29, 1.82) is 0 Å². The molecule has 6 heteroatoms. The number of ether oxygens (including phenoxy) is 1. The van der Waals surface area contributed by atoms with E-state index in [2.05, 4.69) is 6.92 Å². The lowest BCUT2D eigenvalue weighted by molar-refractivity contribution is 0.0701. The van der Waals surface area contributed by atoms with E-state index >= 15 is 0 Å². The van der Waals surface area contributed by atoms with Gasteiger partial charge in [-0.3, -0.25) is 14.3 Å². The molecule has 16 heavy (non-hydrogen) atoms. The summed E-state index contributed by atoms with van der Waals surface area (Å²) in [5.74, 6) is -0.989. The molecule has 1 heterocycles. The van der Waals surface area contributed by atoms with E-state index in [1.807, 2.05) is 4.98 Å². The minimum absolute atomic E-state index is 0.0454. The van der Waals surface area contributed by atoms with Crippen LogP contribution in [0.1, 0.15) is 26.2 Å². The lowest BCUT2D eigenvalue weighted by atomic mass is 10.3. The van der Waals surface area contributed by atoms with E-state index in [9.17, 15) is 14.0 Å². The second-order valence-electron chi connectivity index (χ2n) is 3.45. The molecule has 0 fully saturated rings. The molecule has 0 bridgehead atoms. The third-order valence-corrected chi connectivity index (χ3v) is 2.09. The second-order valence-corrected chi connectivity index (χ2v) is 3.45. The number of aromatic nitrogens is 2. The monoisotopic (exact) mass is 230 g/mol. The van der Waals surface area contributed by atoms with Crippen LogP contribution < -0.4 is 11.2 Å². The topological polar surface area (TPSA) is 64.1 Å². The Morgan fingerprint density at radius 1 is 1.44 bits per heavy atom. The predicted octanol–water partition coefficient (Wildman–Crippen LogP) is 0.840. The fraction of sp³-hybridized carbons (Fsp3) is 0.600. The Morgan fingerprint density at radius 3 is 2.88 bits per heavy atom. The molecule has 1 rings (SSSR count). The number of hydrogen-bond donors (Lipinski definition) is 1. The van der Waals surface area contributed by atoms with E-state index in [0.29, 0.717) is 6.61 Å². The molecule has 0 saturated carbocycles. The molecule has 5 nitrogen and oxygen atoms in total. The summed E-state index contributed by atoms with van der Waals surface area (Å²) in [6, 6.07) is 0. The molecule has 0 radical (unpaired) electrons. The van der Waals surface area contributed by atoms with E-state index in [1.165, 1.54) is 0 Å². The number of rotatable bonds is 6. The molecule has 1 aromatic rings. The fourth-order valence-electron chi connectivity index (χ4n) is 1.20. The summed E-state index contributed by atoms with van der Waals surface area (Å²) in [4.78, 5) is 23.8. The molecule has 1 N–H and O–H groups in total. The van der Waals surface area contributed by atoms with E-state index in [0.717, 1.165) is 30.0 Å². The average Bonchev–Trinajstić information content (AvgIpc) is 2.25. The molecule has 0 aliphatic heterocycles. The van der Waals surface area contributed by atoms with Gasteiger partial charge < -0.3 is 4.74 Å². The lowest BCUT2D eigenvalue weighted by Gasteiger charge is -2.05. The van der Waals surface area contributed by atoms with Crippen molar-refractivity contribution in [2.45, 2.75) is 32.9 Å². The molecule has 0 atom stereocenters. The van der Waals surface area contributed by atoms with Gasteiger partial charge in [-0.05, 0) is 6.42 Å². The van der Waals surface area contributed by atoms with Crippen LogP contribution in [-0.4, -0.2) is 16.2 Å². The molecular weight excluding hydrogens is 215 g/mol. The maximum Gasteiger partial charge on any atom is 0.330 e. The number of aromatic amines is 1. The lowest BCUT2D eigenvalue weighted by Crippen LogP contribution is -2.32. The summed E-state index contributed by atoms with van der Waals surface area (Å²) in [5.41, 5.74) is -1.67. The minimum atomic E-state index is -1.01. The van der Waals surface area contributed by atoms with Gasteiger partial charge in [0.15, 0.2) is 0 Å². The standard InChI is InChI=1S/C10H15FN2O3/c1-2-3-4-5-16-7-13-6-8(11)9(14)12-10(13)15/h6H,2-5,7H2,1H3,(H,12,14,15). The molecule has 0 aliphatic rings. The summed E-state index contributed by atoms with van der Waals surface area (Å²) >= 11 is 0. The molecule has 0 unspecified atom stereocenters. The van der Waals surface area contributed by atoms with E-state index in [-0.39, 0.29) is 6.73 Å². The number of nitrogens with zero attached hydrogens (tertiary/aromatic N) is 1. The maximum atomic E-state index is 12.8. The highest BCUT2D eigenvalue weighted by atomic mass is 19.1. The Balaban J connectivity index is 2.51. The predicted molar refractivity (Wildman–Crippen MR) is 56.8 cm³/mol. The van der Waals surface area contributed by atoms with Crippen molar-refractivity contribution in [2.24, 2.45) is 0 Å². The Labute approximate surface area is 91.9 Å². The van der Waals surface area contributed by atoms with Crippen LogP contribution in [0, 0.1) is 5.82 Å². The molecule has 0 amide bonds. The number of unbranched alkanes of at least 4 members (excludes halogenated alkanes) is 2. The first-order valence-corrected chi connectivity index (χ1v) is 5.22. The van der Waals surface area contributed by atoms with E-state index in [1.54, 1.807) is 0 Å². The summed E-state index contributed by atoms with van der Waals surface area (Å²) < 4.78 is 19.0. The van der Waals surface area contributed by atoms with Gasteiger partial charge in [0.1, 0.15) is 6.73 Å². The highest BCUT2D eigenvalue weighted by Gasteiger charge is 2.02. The maximum absolute atomic E-state index is 12.8. The van der Waals surface area contributed by atoms with Crippen molar-refractivity contribution < 1.29 is 9.13 Å². The average molecular weight is 230 g/mol. The first-order valence-electron chi connectivity index (χ1n) is 5.22. The number of nitrogens with one attached hydrogen (secondary N) is 1. The summed E-state index contributed by atoms with van der Waals surface area (Å²) in [6.45, 7) is 2.54. The summed E-state index contributed by atoms with van der Waals surface area (Å²) in [5, 5.41) is 0. The van der Waals surface area contributed by atoms with Gasteiger partial charge in [0, 0.05) is 6.61 Å². The zero-order valence-corrected chi connectivity index (χ0v) is 9.16. The second kappa shape index (κ2) is 6.22. The number of halogens is 1. The minimum Gasteiger partial charge on any atom is -0.361 e. The third kappa shape index (κ3) is 3.62. The van der Waals surface area contributed by atoms with Gasteiger partial charge in [-0.1, -0.05) is 19.8 Å². The van der Waals surface area contributed by atoms with Gasteiger partial charge in [0.2, 0.25) is 5.82 Å². The first kappa shape index (κ1) is 12.6. The largest absolute Gasteiger partial charge is 0.361 e. The zero-order chi connectivity index (χ0) is 12.0. The van der Waals surface area contributed by atoms with Crippen LogP contribution in [-0.2, 0) is 11.5 Å². The quantitative estimate of drug-likeness (QED) is 0.736. The smallest absolute Gasteiger partial charge is 0.330 e. The molecule has 90 valence electrons. The van der Waals surface area contributed by atoms with Crippen LogP contribution in [0.2, 0.25) is 0 Å². The van der Waals surface area contributed by atoms with Crippen LogP contribution in [0.5, 0.6) is 0 Å². The van der Waals surface area contributed by atoms with Crippen molar-refractivity contribution in [3.05, 3.63) is 32.9 Å². The Morgan fingerprint density at radius 2 is 2.19 bits per heavy atom. The van der Waals surface area contributed by atoms with E-state index in [4.69, 9.17) is 4.74 Å². The Kier molecular flexibility index (Phi) is 4.91. The Hall–Kier alpha value is -1.43. The zero-order valence-electron chi connectivity index (χ0n) is 9.16. The van der Waals surface area contributed by atoms with Crippen molar-refractivity contribution in [2.75, 3.05) is 6.61 Å². The van der Waals surface area contributed by atoms with Crippen molar-refractivity contribution in [1.82, 2.24) is 9.55 Å². The molecule has 0 aliphatic carbocycles. The third-order valence-electron chi connectivity index (χ3n) is 2.09. The van der Waals surface area contributed by atoms with Gasteiger partial charge in [-0.25, -0.2) is 4.79 Å². The highest BCUT2D eigenvalue weighted by molar-refractivity contribution is 4.86. The molecule has 1 aromatic heterocycles. The number of hydrogen-bond acceptors (Lipinski definition) is 3. The van der Waals surface area contributed by atoms with Crippen LogP contribution in [0.4, 0.5) is 4.39 Å². The van der Waals surface area contributed by atoms with Gasteiger partial charge in [-0.2, -0.15) is 4.39 Å². The Bertz CT molecular complexity index is 438. The summed E-state index contributed by atoms with van der Waals surface area (Å²) in [7, 11) is 0. The normalized spacial score (nSPS) is 10.6. The highest BCUT2D eigenvalue weighted by Crippen LogP contribution is 1.94. The van der Waals surface area contributed by atoms with Crippen LogP contribution in [0.15, 0.2) is 15.8 Å². The van der Waals surface area contributed by atoms with Gasteiger partial charge >= 0.3 is 5.69 Å². The SMILES string of the molecule is CCCCCOCn1cc(F)c(=O)[nH]c1=O.